The van der Waals surface area contributed by atoms with Crippen LogP contribution in [-0.2, 0) is 13.0 Å². The molecule has 0 atom stereocenters. The van der Waals surface area contributed by atoms with E-state index in [9.17, 15) is 8.78 Å². The molecular formula is C20H20F2N4. The topological polar surface area (TPSA) is 49.8 Å². The molecule has 6 heteroatoms. The van der Waals surface area contributed by atoms with E-state index in [0.717, 1.165) is 5.69 Å². The van der Waals surface area contributed by atoms with Crippen molar-refractivity contribution < 1.29 is 8.78 Å². The molecule has 0 radical (unpaired) electrons. The third-order valence-electron chi connectivity index (χ3n) is 3.91. The molecule has 1 heterocycles. The number of nitrogens with one attached hydrogen (secondary N) is 2. The second-order valence-corrected chi connectivity index (χ2v) is 5.93. The maximum atomic E-state index is 13.7. The van der Waals surface area contributed by atoms with E-state index < -0.39 is 0 Å². The zero-order valence-corrected chi connectivity index (χ0v) is 14.5. The highest BCUT2D eigenvalue weighted by molar-refractivity contribution is 5.43. The number of aromatic nitrogens is 2. The van der Waals surface area contributed by atoms with Gasteiger partial charge in [-0.1, -0.05) is 36.4 Å². The zero-order chi connectivity index (χ0) is 18.4. The fourth-order valence-corrected chi connectivity index (χ4v) is 2.58. The minimum atomic E-state index is -0.256. The van der Waals surface area contributed by atoms with Gasteiger partial charge in [-0.2, -0.15) is 4.98 Å². The highest BCUT2D eigenvalue weighted by Gasteiger charge is 2.05. The monoisotopic (exact) mass is 354 g/mol. The average molecular weight is 354 g/mol. The van der Waals surface area contributed by atoms with Crippen molar-refractivity contribution in [1.82, 2.24) is 9.97 Å². The fourth-order valence-electron chi connectivity index (χ4n) is 2.58. The van der Waals surface area contributed by atoms with Gasteiger partial charge in [0.15, 0.2) is 0 Å². The van der Waals surface area contributed by atoms with Gasteiger partial charge < -0.3 is 10.6 Å². The lowest BCUT2D eigenvalue weighted by atomic mass is 10.1. The summed E-state index contributed by atoms with van der Waals surface area (Å²) in [7, 11) is 0. The number of rotatable bonds is 7. The van der Waals surface area contributed by atoms with E-state index in [0.29, 0.717) is 42.4 Å². The van der Waals surface area contributed by atoms with Gasteiger partial charge in [0, 0.05) is 30.4 Å². The lowest BCUT2D eigenvalue weighted by Gasteiger charge is -2.10. The van der Waals surface area contributed by atoms with Crippen LogP contribution in [0.2, 0.25) is 0 Å². The molecule has 0 fully saturated rings. The van der Waals surface area contributed by atoms with Crippen molar-refractivity contribution in [2.45, 2.75) is 19.9 Å². The van der Waals surface area contributed by atoms with Crippen molar-refractivity contribution in [2.24, 2.45) is 0 Å². The summed E-state index contributed by atoms with van der Waals surface area (Å²) in [4.78, 5) is 8.71. The number of benzene rings is 2. The first-order chi connectivity index (χ1) is 12.6. The molecule has 1 aromatic heterocycles. The van der Waals surface area contributed by atoms with Crippen molar-refractivity contribution in [3.05, 3.63) is 83.1 Å². The largest absolute Gasteiger partial charge is 0.366 e. The standard InChI is InChI=1S/C20H20F2N4/c1-14-12-19(24-13-16-7-3-5-9-18(16)22)26-20(25-14)23-11-10-15-6-2-4-8-17(15)21/h2-9,12H,10-11,13H2,1H3,(H2,23,24,25,26). The van der Waals surface area contributed by atoms with E-state index >= 15 is 0 Å². The van der Waals surface area contributed by atoms with Crippen LogP contribution in [0.15, 0.2) is 54.6 Å². The summed E-state index contributed by atoms with van der Waals surface area (Å²) < 4.78 is 27.3. The van der Waals surface area contributed by atoms with Crippen LogP contribution in [0.25, 0.3) is 0 Å². The van der Waals surface area contributed by atoms with Crippen LogP contribution in [0.1, 0.15) is 16.8 Å². The second kappa shape index (κ2) is 8.38. The van der Waals surface area contributed by atoms with Gasteiger partial charge in [-0.15, -0.1) is 0 Å². The molecule has 3 rings (SSSR count). The van der Waals surface area contributed by atoms with Gasteiger partial charge in [-0.3, -0.25) is 0 Å². The van der Waals surface area contributed by atoms with Crippen LogP contribution in [0.4, 0.5) is 20.5 Å². The predicted molar refractivity (Wildman–Crippen MR) is 99.1 cm³/mol. The number of hydrogen-bond acceptors (Lipinski definition) is 4. The summed E-state index contributed by atoms with van der Waals surface area (Å²) in [6.07, 6.45) is 0.530. The quantitative estimate of drug-likeness (QED) is 0.663. The third-order valence-corrected chi connectivity index (χ3v) is 3.91. The van der Waals surface area contributed by atoms with Crippen LogP contribution in [0.5, 0.6) is 0 Å². The Morgan fingerprint density at radius 1 is 0.846 bits per heavy atom. The third kappa shape index (κ3) is 4.75. The van der Waals surface area contributed by atoms with Crippen LogP contribution < -0.4 is 10.6 Å². The number of anilines is 2. The first-order valence-corrected chi connectivity index (χ1v) is 8.42. The summed E-state index contributed by atoms with van der Waals surface area (Å²) in [5.41, 5.74) is 1.99. The molecule has 0 unspecified atom stereocenters. The fraction of sp³-hybridized carbons (Fsp3) is 0.200. The van der Waals surface area contributed by atoms with Crippen LogP contribution >= 0.6 is 0 Å². The molecule has 0 amide bonds. The molecule has 4 nitrogen and oxygen atoms in total. The smallest absolute Gasteiger partial charge is 0.224 e. The Bertz CT molecular complexity index is 883. The molecule has 3 aromatic rings. The summed E-state index contributed by atoms with van der Waals surface area (Å²) in [6.45, 7) is 2.70. The average Bonchev–Trinajstić information content (AvgIpc) is 2.62. The van der Waals surface area contributed by atoms with Crippen molar-refractivity contribution in [3.8, 4) is 0 Å². The Morgan fingerprint density at radius 3 is 2.19 bits per heavy atom. The van der Waals surface area contributed by atoms with E-state index in [1.54, 1.807) is 36.4 Å². The second-order valence-electron chi connectivity index (χ2n) is 5.93. The van der Waals surface area contributed by atoms with Gasteiger partial charge in [-0.05, 0) is 31.0 Å². The van der Waals surface area contributed by atoms with Crippen molar-refractivity contribution >= 4 is 11.8 Å². The van der Waals surface area contributed by atoms with E-state index in [1.807, 2.05) is 13.0 Å². The molecule has 0 bridgehead atoms. The van der Waals surface area contributed by atoms with Gasteiger partial charge in [0.05, 0.1) is 0 Å². The molecule has 134 valence electrons. The molecular weight excluding hydrogens is 334 g/mol. The highest BCUT2D eigenvalue weighted by atomic mass is 19.1. The number of halogens is 2. The molecule has 0 aliphatic carbocycles. The number of aryl methyl sites for hydroxylation is 1. The number of nitrogens with zero attached hydrogens (tertiary/aromatic N) is 2. The lowest BCUT2D eigenvalue weighted by molar-refractivity contribution is 0.610. The SMILES string of the molecule is Cc1cc(NCc2ccccc2F)nc(NCCc2ccccc2F)n1. The Kier molecular flexibility index (Phi) is 5.73. The Morgan fingerprint density at radius 2 is 1.50 bits per heavy atom. The Hall–Kier alpha value is -3.02. The van der Waals surface area contributed by atoms with E-state index in [1.165, 1.54) is 12.1 Å². The summed E-state index contributed by atoms with van der Waals surface area (Å²) in [5.74, 6) is 0.590. The van der Waals surface area contributed by atoms with Gasteiger partial charge >= 0.3 is 0 Å². The first-order valence-electron chi connectivity index (χ1n) is 8.42. The normalized spacial score (nSPS) is 10.6. The van der Waals surface area contributed by atoms with Crippen molar-refractivity contribution in [2.75, 3.05) is 17.2 Å². The van der Waals surface area contributed by atoms with Gasteiger partial charge in [0.2, 0.25) is 5.95 Å². The van der Waals surface area contributed by atoms with Crippen molar-refractivity contribution in [1.29, 1.82) is 0 Å². The molecule has 0 aliphatic heterocycles. The van der Waals surface area contributed by atoms with Crippen LogP contribution in [0, 0.1) is 18.6 Å². The molecule has 0 saturated carbocycles. The molecule has 2 aromatic carbocycles. The van der Waals surface area contributed by atoms with Gasteiger partial charge in [0.25, 0.3) is 0 Å². The maximum absolute atomic E-state index is 13.7. The summed E-state index contributed by atoms with van der Waals surface area (Å²) >= 11 is 0. The minimum absolute atomic E-state index is 0.216. The lowest BCUT2D eigenvalue weighted by Crippen LogP contribution is -2.11. The zero-order valence-electron chi connectivity index (χ0n) is 14.5. The molecule has 2 N–H and O–H groups in total. The van der Waals surface area contributed by atoms with E-state index in [-0.39, 0.29) is 11.6 Å². The summed E-state index contributed by atoms with van der Waals surface area (Å²) in [5, 5.41) is 6.22. The first kappa shape index (κ1) is 17.8. The minimum Gasteiger partial charge on any atom is -0.366 e. The highest BCUT2D eigenvalue weighted by Crippen LogP contribution is 2.13. The van der Waals surface area contributed by atoms with Crippen molar-refractivity contribution in [3.63, 3.8) is 0 Å². The molecule has 26 heavy (non-hydrogen) atoms. The Balaban J connectivity index is 1.60. The van der Waals surface area contributed by atoms with E-state index in [4.69, 9.17) is 0 Å². The molecule has 0 spiro atoms. The maximum Gasteiger partial charge on any atom is 0.224 e. The van der Waals surface area contributed by atoms with Gasteiger partial charge in [0.1, 0.15) is 17.5 Å². The van der Waals surface area contributed by atoms with E-state index in [2.05, 4.69) is 20.6 Å². The summed E-state index contributed by atoms with van der Waals surface area (Å²) in [6, 6.07) is 15.1. The Labute approximate surface area is 151 Å². The molecule has 0 aliphatic rings. The molecule has 0 saturated heterocycles. The van der Waals surface area contributed by atoms with Crippen LogP contribution in [-0.4, -0.2) is 16.5 Å². The van der Waals surface area contributed by atoms with Gasteiger partial charge in [-0.25, -0.2) is 13.8 Å². The number of hydrogen-bond donors (Lipinski definition) is 2. The predicted octanol–water partition coefficient (Wildman–Crippen LogP) is 4.33. The van der Waals surface area contributed by atoms with Crippen LogP contribution in [0.3, 0.4) is 0 Å².